The summed E-state index contributed by atoms with van der Waals surface area (Å²) in [6, 6.07) is 3.31. The van der Waals surface area contributed by atoms with Gasteiger partial charge in [-0.1, -0.05) is 0 Å². The molecule has 1 amide bonds. The number of likely N-dealkylation sites (tertiary alicyclic amines) is 1. The van der Waals surface area contributed by atoms with E-state index in [0.717, 1.165) is 11.1 Å². The lowest BCUT2D eigenvalue weighted by atomic mass is 9.86. The summed E-state index contributed by atoms with van der Waals surface area (Å²) >= 11 is 0. The molecule has 1 saturated heterocycles. The lowest BCUT2D eigenvalue weighted by Crippen LogP contribution is -2.36. The molecule has 7 heteroatoms. The van der Waals surface area contributed by atoms with Crippen LogP contribution in [-0.4, -0.2) is 40.2 Å². The highest BCUT2D eigenvalue weighted by molar-refractivity contribution is 5.65. The Balaban J connectivity index is 2.29. The van der Waals surface area contributed by atoms with Crippen LogP contribution in [0.4, 0.5) is 10.5 Å². The van der Waals surface area contributed by atoms with E-state index in [0.29, 0.717) is 25.9 Å². The number of nitrogens with zero attached hydrogens (tertiary/aromatic N) is 2. The van der Waals surface area contributed by atoms with Crippen molar-refractivity contribution in [2.45, 2.75) is 45.6 Å². The number of aryl methyl sites for hydroxylation is 1. The molecule has 126 valence electrons. The van der Waals surface area contributed by atoms with Gasteiger partial charge in [0, 0.05) is 19.2 Å². The minimum Gasteiger partial charge on any atom is -0.484 e. The molecule has 0 unspecified atom stereocenters. The molecular formula is C16H22N2O5. The van der Waals surface area contributed by atoms with Crippen molar-refractivity contribution in [3.63, 3.8) is 0 Å². The molecule has 0 bridgehead atoms. The van der Waals surface area contributed by atoms with Crippen molar-refractivity contribution in [2.24, 2.45) is 0 Å². The summed E-state index contributed by atoms with van der Waals surface area (Å²) < 4.78 is 5.61. The van der Waals surface area contributed by atoms with Crippen molar-refractivity contribution in [1.29, 1.82) is 0 Å². The molecule has 0 aliphatic carbocycles. The van der Waals surface area contributed by atoms with Gasteiger partial charge in [-0.05, 0) is 56.7 Å². The van der Waals surface area contributed by atoms with Gasteiger partial charge in [0.2, 0.25) is 0 Å². The van der Waals surface area contributed by atoms with Crippen LogP contribution in [0.3, 0.4) is 0 Å². The Kier molecular flexibility index (Phi) is 5.08. The molecule has 0 spiro atoms. The molecular weight excluding hydrogens is 300 g/mol. The third kappa shape index (κ3) is 3.91. The number of nitro benzene ring substituents is 1. The second-order valence-electron chi connectivity index (χ2n) is 6.14. The van der Waals surface area contributed by atoms with Gasteiger partial charge in [0.1, 0.15) is 0 Å². The van der Waals surface area contributed by atoms with Gasteiger partial charge >= 0.3 is 11.8 Å². The number of hydrogen-bond acceptors (Lipinski definition) is 4. The van der Waals surface area contributed by atoms with Crippen molar-refractivity contribution in [1.82, 2.24) is 4.90 Å². The number of amides is 1. The first-order chi connectivity index (χ1) is 10.8. The molecule has 1 aliphatic heterocycles. The molecule has 0 aromatic heterocycles. The van der Waals surface area contributed by atoms with Gasteiger partial charge in [-0.25, -0.2) is 4.79 Å². The Labute approximate surface area is 135 Å². The van der Waals surface area contributed by atoms with Gasteiger partial charge in [-0.3, -0.25) is 10.1 Å². The number of carbonyl (C=O) groups is 1. The maximum Gasteiger partial charge on any atom is 0.407 e. The Morgan fingerprint density at radius 2 is 2.00 bits per heavy atom. The van der Waals surface area contributed by atoms with Crippen molar-refractivity contribution in [2.75, 3.05) is 13.1 Å². The molecule has 23 heavy (non-hydrogen) atoms. The number of carboxylic acid groups (broad SMARTS) is 1. The first-order valence-electron chi connectivity index (χ1n) is 7.73. The largest absolute Gasteiger partial charge is 0.484 e. The van der Waals surface area contributed by atoms with Crippen molar-refractivity contribution < 1.29 is 19.6 Å². The van der Waals surface area contributed by atoms with Gasteiger partial charge in [0.05, 0.1) is 11.0 Å². The van der Waals surface area contributed by atoms with E-state index in [9.17, 15) is 14.9 Å². The van der Waals surface area contributed by atoms with Crippen LogP contribution < -0.4 is 4.74 Å². The molecule has 7 nitrogen and oxygen atoms in total. The number of ether oxygens (including phenoxy) is 1. The monoisotopic (exact) mass is 322 g/mol. The van der Waals surface area contributed by atoms with E-state index in [1.54, 1.807) is 12.1 Å². The van der Waals surface area contributed by atoms with E-state index in [4.69, 9.17) is 9.84 Å². The predicted molar refractivity (Wildman–Crippen MR) is 85.2 cm³/mol. The number of piperidine rings is 1. The second kappa shape index (κ2) is 6.85. The zero-order valence-electron chi connectivity index (χ0n) is 13.6. The van der Waals surface area contributed by atoms with E-state index in [1.807, 2.05) is 20.8 Å². The van der Waals surface area contributed by atoms with E-state index in [1.165, 1.54) is 4.90 Å². The standard InChI is InChI=1S/C16H22N2O5/c1-10(2)23-15-9-13(11(3)8-14(15)18(21)22)12-4-6-17(7-5-12)16(19)20/h8-10,12H,4-7H2,1-3H3,(H,19,20). The number of benzene rings is 1. The predicted octanol–water partition coefficient (Wildman–Crippen LogP) is 3.55. The fourth-order valence-corrected chi connectivity index (χ4v) is 3.00. The molecule has 0 radical (unpaired) electrons. The molecule has 1 aromatic rings. The first-order valence-corrected chi connectivity index (χ1v) is 7.73. The minimum atomic E-state index is -0.896. The van der Waals surface area contributed by atoms with E-state index in [2.05, 4.69) is 0 Å². The number of nitro groups is 1. The van der Waals surface area contributed by atoms with Crippen LogP contribution in [0, 0.1) is 17.0 Å². The Bertz CT molecular complexity index is 607. The highest BCUT2D eigenvalue weighted by Crippen LogP contribution is 2.37. The van der Waals surface area contributed by atoms with E-state index >= 15 is 0 Å². The summed E-state index contributed by atoms with van der Waals surface area (Å²) in [7, 11) is 0. The van der Waals surface area contributed by atoms with Crippen LogP contribution in [-0.2, 0) is 0 Å². The van der Waals surface area contributed by atoms with Crippen LogP contribution in [0.15, 0.2) is 12.1 Å². The smallest absolute Gasteiger partial charge is 0.407 e. The normalized spacial score (nSPS) is 15.7. The molecule has 0 saturated carbocycles. The first kappa shape index (κ1) is 17.1. The van der Waals surface area contributed by atoms with Crippen LogP contribution in [0.1, 0.15) is 43.7 Å². The zero-order chi connectivity index (χ0) is 17.1. The maximum absolute atomic E-state index is 11.2. The highest BCUT2D eigenvalue weighted by Gasteiger charge is 2.27. The fourth-order valence-electron chi connectivity index (χ4n) is 3.00. The minimum absolute atomic E-state index is 0.0251. The summed E-state index contributed by atoms with van der Waals surface area (Å²) in [6.45, 7) is 6.47. The van der Waals surface area contributed by atoms with Crippen molar-refractivity contribution in [3.05, 3.63) is 33.4 Å². The molecule has 1 heterocycles. The topological polar surface area (TPSA) is 92.9 Å². The van der Waals surface area contributed by atoms with Gasteiger partial charge in [0.15, 0.2) is 5.75 Å². The average Bonchev–Trinajstić information content (AvgIpc) is 2.48. The highest BCUT2D eigenvalue weighted by atomic mass is 16.6. The number of hydrogen-bond donors (Lipinski definition) is 1. The summed E-state index contributed by atoms with van der Waals surface area (Å²) in [4.78, 5) is 23.2. The third-order valence-corrected chi connectivity index (χ3v) is 4.11. The average molecular weight is 322 g/mol. The molecule has 1 N–H and O–H groups in total. The molecule has 1 aromatic carbocycles. The molecule has 1 fully saturated rings. The third-order valence-electron chi connectivity index (χ3n) is 4.11. The van der Waals surface area contributed by atoms with Crippen LogP contribution in [0.5, 0.6) is 5.75 Å². The summed E-state index contributed by atoms with van der Waals surface area (Å²) in [5.41, 5.74) is 1.83. The number of rotatable bonds is 4. The summed E-state index contributed by atoms with van der Waals surface area (Å²) in [6.07, 6.45) is 0.379. The van der Waals surface area contributed by atoms with Crippen LogP contribution in [0.2, 0.25) is 0 Å². The van der Waals surface area contributed by atoms with Crippen LogP contribution >= 0.6 is 0 Å². The lowest BCUT2D eigenvalue weighted by molar-refractivity contribution is -0.386. The van der Waals surface area contributed by atoms with E-state index < -0.39 is 11.0 Å². The molecule has 1 aliphatic rings. The van der Waals surface area contributed by atoms with Crippen LogP contribution in [0.25, 0.3) is 0 Å². The fraction of sp³-hybridized carbons (Fsp3) is 0.562. The summed E-state index contributed by atoms with van der Waals surface area (Å²) in [5, 5.41) is 20.2. The molecule has 2 rings (SSSR count). The van der Waals surface area contributed by atoms with Gasteiger partial charge in [-0.15, -0.1) is 0 Å². The van der Waals surface area contributed by atoms with E-state index in [-0.39, 0.29) is 23.5 Å². The SMILES string of the molecule is Cc1cc([N+](=O)[O-])c(OC(C)C)cc1C1CCN(C(=O)O)CC1. The zero-order valence-corrected chi connectivity index (χ0v) is 13.6. The molecule has 0 atom stereocenters. The quantitative estimate of drug-likeness (QED) is 0.676. The Morgan fingerprint density at radius 1 is 1.39 bits per heavy atom. The van der Waals surface area contributed by atoms with Crippen molar-refractivity contribution in [3.8, 4) is 5.75 Å². The van der Waals surface area contributed by atoms with Crippen molar-refractivity contribution >= 4 is 11.8 Å². The lowest BCUT2D eigenvalue weighted by Gasteiger charge is -2.31. The van der Waals surface area contributed by atoms with Gasteiger partial charge in [0.25, 0.3) is 0 Å². The maximum atomic E-state index is 11.2. The Hall–Kier alpha value is -2.31. The second-order valence-corrected chi connectivity index (χ2v) is 6.14. The van der Waals surface area contributed by atoms with Gasteiger partial charge in [-0.2, -0.15) is 0 Å². The van der Waals surface area contributed by atoms with Gasteiger partial charge < -0.3 is 14.7 Å². The summed E-state index contributed by atoms with van der Waals surface area (Å²) in [5.74, 6) is 0.479. The Morgan fingerprint density at radius 3 is 2.48 bits per heavy atom.